The molecule has 10 nitrogen and oxygen atoms in total. The largest absolute Gasteiger partial charge is 0.472 e. The molecular formula is C45H87O10P. The monoisotopic (exact) mass is 819 g/mol. The second-order valence-corrected chi connectivity index (χ2v) is 17.2. The summed E-state index contributed by atoms with van der Waals surface area (Å²) in [4.78, 5) is 35.0. The zero-order chi connectivity index (χ0) is 41.2. The Labute approximate surface area is 343 Å². The Hall–Kier alpha value is -1.29. The second kappa shape index (κ2) is 41.9. The number of esters is 2. The molecule has 0 aliphatic carbocycles. The lowest BCUT2D eigenvalue weighted by molar-refractivity contribution is -0.161. The van der Waals surface area contributed by atoms with Crippen molar-refractivity contribution < 1.29 is 47.8 Å². The number of hydrogen-bond donors (Lipinski definition) is 3. The summed E-state index contributed by atoms with van der Waals surface area (Å²) in [6.07, 6.45) is 40.4. The van der Waals surface area contributed by atoms with Gasteiger partial charge >= 0.3 is 19.8 Å². The fourth-order valence-electron chi connectivity index (χ4n) is 6.58. The Morgan fingerprint density at radius 3 is 1.30 bits per heavy atom. The van der Waals surface area contributed by atoms with E-state index >= 15 is 0 Å². The lowest BCUT2D eigenvalue weighted by Crippen LogP contribution is -2.29. The average molecular weight is 819 g/mol. The summed E-state index contributed by atoms with van der Waals surface area (Å²) >= 11 is 0. The molecule has 11 heteroatoms. The van der Waals surface area contributed by atoms with Crippen molar-refractivity contribution in [1.29, 1.82) is 0 Å². The highest BCUT2D eigenvalue weighted by Crippen LogP contribution is 2.43. The molecule has 0 saturated heterocycles. The minimum Gasteiger partial charge on any atom is -0.462 e. The van der Waals surface area contributed by atoms with Crippen molar-refractivity contribution >= 4 is 19.8 Å². The van der Waals surface area contributed by atoms with Crippen LogP contribution in [0.5, 0.6) is 0 Å². The van der Waals surface area contributed by atoms with Gasteiger partial charge in [0, 0.05) is 12.8 Å². The summed E-state index contributed by atoms with van der Waals surface area (Å²) < 4.78 is 32.7. The fraction of sp³-hybridized carbons (Fsp3) is 0.911. The van der Waals surface area contributed by atoms with Gasteiger partial charge in [-0.1, -0.05) is 187 Å². The Morgan fingerprint density at radius 1 is 0.518 bits per heavy atom. The first-order valence-electron chi connectivity index (χ1n) is 23.1. The third-order valence-electron chi connectivity index (χ3n) is 10.2. The number of aliphatic hydroxyl groups is 2. The lowest BCUT2D eigenvalue weighted by Gasteiger charge is -2.20. The molecule has 56 heavy (non-hydrogen) atoms. The number of ether oxygens (including phenoxy) is 2. The van der Waals surface area contributed by atoms with Gasteiger partial charge in [-0.15, -0.1) is 0 Å². The van der Waals surface area contributed by atoms with E-state index in [1.807, 2.05) is 0 Å². The molecule has 0 aliphatic rings. The van der Waals surface area contributed by atoms with E-state index in [0.717, 1.165) is 57.8 Å². The fourth-order valence-corrected chi connectivity index (χ4v) is 7.37. The topological polar surface area (TPSA) is 149 Å². The highest BCUT2D eigenvalue weighted by Gasteiger charge is 2.27. The predicted octanol–water partition coefficient (Wildman–Crippen LogP) is 12.4. The predicted molar refractivity (Wildman–Crippen MR) is 229 cm³/mol. The van der Waals surface area contributed by atoms with Crippen LogP contribution < -0.4 is 0 Å². The summed E-state index contributed by atoms with van der Waals surface area (Å²) in [7, 11) is -4.61. The van der Waals surface area contributed by atoms with Crippen LogP contribution in [0.4, 0.5) is 0 Å². The van der Waals surface area contributed by atoms with Crippen LogP contribution in [0.1, 0.15) is 226 Å². The van der Waals surface area contributed by atoms with Crippen LogP contribution >= 0.6 is 7.82 Å². The van der Waals surface area contributed by atoms with Gasteiger partial charge in [-0.3, -0.25) is 18.6 Å². The molecule has 0 heterocycles. The molecule has 332 valence electrons. The number of carbonyl (C=O) groups is 2. The van der Waals surface area contributed by atoms with E-state index < -0.39 is 51.8 Å². The standard InChI is InChI=1S/C45H87O10P/c1-3-5-7-9-11-13-15-17-18-19-20-21-22-23-25-26-28-30-32-34-36-44(48)52-40-43(41-54-56(50,51)53-39-42(47)38-46)55-45(49)37-35-33-31-29-27-24-16-14-12-10-8-6-4-2/h14,16,42-43,46-47H,3-13,15,17-41H2,1-2H3,(H,50,51)/b16-14-. The zero-order valence-corrected chi connectivity index (χ0v) is 37.0. The second-order valence-electron chi connectivity index (χ2n) is 15.8. The number of phosphoric acid groups is 1. The normalized spacial score (nSPS) is 13.9. The van der Waals surface area contributed by atoms with Gasteiger partial charge in [-0.25, -0.2) is 4.57 Å². The molecule has 3 atom stereocenters. The van der Waals surface area contributed by atoms with Gasteiger partial charge in [0.05, 0.1) is 19.8 Å². The molecule has 0 aromatic carbocycles. The van der Waals surface area contributed by atoms with Gasteiger partial charge < -0.3 is 24.6 Å². The molecule has 3 unspecified atom stereocenters. The Kier molecular flexibility index (Phi) is 40.9. The van der Waals surface area contributed by atoms with Crippen LogP contribution in [0.2, 0.25) is 0 Å². The molecule has 0 amide bonds. The third kappa shape index (κ3) is 40.9. The van der Waals surface area contributed by atoms with Crippen molar-refractivity contribution in [2.24, 2.45) is 0 Å². The third-order valence-corrected chi connectivity index (χ3v) is 11.1. The molecule has 3 N–H and O–H groups in total. The van der Waals surface area contributed by atoms with E-state index in [0.29, 0.717) is 12.8 Å². The molecule has 0 spiro atoms. The van der Waals surface area contributed by atoms with Crippen molar-refractivity contribution in [2.75, 3.05) is 26.4 Å². The lowest BCUT2D eigenvalue weighted by atomic mass is 10.0. The average Bonchev–Trinajstić information content (AvgIpc) is 3.19. The Morgan fingerprint density at radius 2 is 0.875 bits per heavy atom. The Balaban J connectivity index is 4.17. The molecule has 0 bridgehead atoms. The molecule has 0 aliphatic heterocycles. The van der Waals surface area contributed by atoms with Crippen LogP contribution in [0.25, 0.3) is 0 Å². The summed E-state index contributed by atoms with van der Waals surface area (Å²) in [5, 5.41) is 18.3. The molecular weight excluding hydrogens is 731 g/mol. The minimum absolute atomic E-state index is 0.178. The molecule has 0 fully saturated rings. The zero-order valence-electron chi connectivity index (χ0n) is 36.1. The highest BCUT2D eigenvalue weighted by atomic mass is 31.2. The number of unbranched alkanes of at least 4 members (excludes halogenated alkanes) is 28. The quantitative estimate of drug-likeness (QED) is 0.0235. The van der Waals surface area contributed by atoms with E-state index in [2.05, 4.69) is 26.0 Å². The molecule has 0 radical (unpaired) electrons. The molecule has 0 aromatic heterocycles. The number of aliphatic hydroxyl groups excluding tert-OH is 2. The van der Waals surface area contributed by atoms with Crippen molar-refractivity contribution in [1.82, 2.24) is 0 Å². The van der Waals surface area contributed by atoms with E-state index in [-0.39, 0.29) is 19.4 Å². The van der Waals surface area contributed by atoms with Crippen LogP contribution in [-0.4, -0.2) is 65.7 Å². The summed E-state index contributed by atoms with van der Waals surface area (Å²) in [5.41, 5.74) is 0. The number of allylic oxidation sites excluding steroid dienone is 2. The van der Waals surface area contributed by atoms with Gasteiger partial charge in [0.25, 0.3) is 0 Å². The number of rotatable bonds is 44. The van der Waals surface area contributed by atoms with E-state index in [9.17, 15) is 24.2 Å². The van der Waals surface area contributed by atoms with Gasteiger partial charge in [0.2, 0.25) is 0 Å². The first-order valence-corrected chi connectivity index (χ1v) is 24.6. The molecule has 0 saturated carbocycles. The van der Waals surface area contributed by atoms with E-state index in [1.54, 1.807) is 0 Å². The van der Waals surface area contributed by atoms with Crippen LogP contribution in [0.3, 0.4) is 0 Å². The Bertz CT molecular complexity index is 946. The van der Waals surface area contributed by atoms with E-state index in [1.165, 1.54) is 128 Å². The van der Waals surface area contributed by atoms with Crippen molar-refractivity contribution in [3.63, 3.8) is 0 Å². The number of hydrogen-bond acceptors (Lipinski definition) is 9. The van der Waals surface area contributed by atoms with Crippen LogP contribution in [0.15, 0.2) is 12.2 Å². The minimum atomic E-state index is -4.61. The van der Waals surface area contributed by atoms with Crippen molar-refractivity contribution in [2.45, 2.75) is 238 Å². The number of carbonyl (C=O) groups excluding carboxylic acids is 2. The van der Waals surface area contributed by atoms with Crippen molar-refractivity contribution in [3.8, 4) is 0 Å². The van der Waals surface area contributed by atoms with Crippen LogP contribution in [-0.2, 0) is 32.7 Å². The van der Waals surface area contributed by atoms with E-state index in [4.69, 9.17) is 23.6 Å². The van der Waals surface area contributed by atoms with Crippen LogP contribution in [0, 0.1) is 0 Å². The van der Waals surface area contributed by atoms with Gasteiger partial charge in [-0.2, -0.15) is 0 Å². The van der Waals surface area contributed by atoms with Gasteiger partial charge in [0.1, 0.15) is 12.7 Å². The SMILES string of the molecule is CCCCCC/C=C\CCCCCCCC(=O)OC(COC(=O)CCCCCCCCCCCCCCCCCCCCCC)COP(=O)(O)OCC(O)CO. The maximum absolute atomic E-state index is 12.6. The first kappa shape index (κ1) is 54.7. The first-order chi connectivity index (χ1) is 27.2. The summed E-state index contributed by atoms with van der Waals surface area (Å²) in [6, 6.07) is 0. The smallest absolute Gasteiger partial charge is 0.462 e. The number of phosphoric ester groups is 1. The van der Waals surface area contributed by atoms with Gasteiger partial charge in [-0.05, 0) is 38.5 Å². The maximum atomic E-state index is 12.6. The molecule has 0 aromatic rings. The maximum Gasteiger partial charge on any atom is 0.472 e. The molecule has 0 rings (SSSR count). The highest BCUT2D eigenvalue weighted by molar-refractivity contribution is 7.47. The van der Waals surface area contributed by atoms with Gasteiger partial charge in [0.15, 0.2) is 6.10 Å². The summed E-state index contributed by atoms with van der Waals surface area (Å²) in [6.45, 7) is 2.39. The van der Waals surface area contributed by atoms with Crippen molar-refractivity contribution in [3.05, 3.63) is 12.2 Å². The summed E-state index contributed by atoms with van der Waals surface area (Å²) in [5.74, 6) is -0.923.